The van der Waals surface area contributed by atoms with Crippen molar-refractivity contribution in [2.75, 3.05) is 29.2 Å². The summed E-state index contributed by atoms with van der Waals surface area (Å²) >= 11 is 9.08. The monoisotopic (exact) mass is 764 g/mol. The lowest BCUT2D eigenvalue weighted by Gasteiger charge is -2.34. The highest BCUT2D eigenvalue weighted by molar-refractivity contribution is 8.00. The maximum atomic E-state index is 13.9. The quantitative estimate of drug-likeness (QED) is 0.241. The number of carbonyl (C=O) groups excluding carboxylic acids is 4. The molecule has 0 spiro atoms. The maximum Gasteiger partial charge on any atom is 0.247 e. The van der Waals surface area contributed by atoms with Crippen LogP contribution in [0.25, 0.3) is 0 Å². The Morgan fingerprint density at radius 3 is 1.87 bits per heavy atom. The summed E-state index contributed by atoms with van der Waals surface area (Å²) in [7, 11) is 1.84. The molecule has 13 heteroatoms. The number of anilines is 2. The van der Waals surface area contributed by atoms with Gasteiger partial charge in [-0.15, -0.1) is 23.5 Å². The van der Waals surface area contributed by atoms with Gasteiger partial charge in [0.15, 0.2) is 0 Å². The predicted octanol–water partition coefficient (Wildman–Crippen LogP) is 5.62. The highest BCUT2D eigenvalue weighted by Gasteiger charge is 2.55. The molecule has 6 rings (SSSR count). The normalized spacial score (nSPS) is 27.2. The van der Waals surface area contributed by atoms with Crippen LogP contribution < -0.4 is 21.3 Å². The van der Waals surface area contributed by atoms with E-state index in [0.717, 1.165) is 41.9 Å². The number of fused-ring (bicyclic) bond motifs is 2. The molecule has 6 atom stereocenters. The topological polar surface area (TPSA) is 123 Å². The van der Waals surface area contributed by atoms with Crippen LogP contribution in [0.5, 0.6) is 0 Å². The van der Waals surface area contributed by atoms with E-state index < -0.39 is 23.5 Å². The average Bonchev–Trinajstić information content (AvgIpc) is 3.40. The summed E-state index contributed by atoms with van der Waals surface area (Å²) in [6.07, 6.45) is 4.23. The van der Waals surface area contributed by atoms with Crippen molar-refractivity contribution in [3.05, 3.63) is 59.7 Å². The van der Waals surface area contributed by atoms with Gasteiger partial charge < -0.3 is 31.1 Å². The molecule has 0 aliphatic carbocycles. The number of likely N-dealkylation sites (N-methyl/N-ethyl adjacent to an activating group) is 1. The van der Waals surface area contributed by atoms with E-state index in [4.69, 9.17) is 12.2 Å². The summed E-state index contributed by atoms with van der Waals surface area (Å²) in [6.45, 7) is 10.2. The SMILES string of the molecule is CN[C@@H](C)C(=S)N[C@H]1CCSC2CC(C)(C)[C@@H](C(=O)Nc3ccc(Cc4ccc(NC(=O)[C@H]5N6C(=O)CCCS[C@H]6CC5(C)C)cc4)cc3)N2C1=O. The van der Waals surface area contributed by atoms with Gasteiger partial charge in [0.2, 0.25) is 23.6 Å². The first kappa shape index (κ1) is 38.6. The predicted molar refractivity (Wildman–Crippen MR) is 215 cm³/mol. The van der Waals surface area contributed by atoms with Gasteiger partial charge in [0.05, 0.1) is 21.8 Å². The van der Waals surface area contributed by atoms with Gasteiger partial charge in [0, 0.05) is 17.8 Å². The summed E-state index contributed by atoms with van der Waals surface area (Å²) in [5.74, 6) is 1.44. The second kappa shape index (κ2) is 15.7. The Morgan fingerprint density at radius 1 is 0.827 bits per heavy atom. The standard InChI is InChI=1S/C39H52N6O4S3/c1-23(40-6)36(50)43-28-17-19-52-31-22-39(4,5)33(45(31)37(28)49)35(48)42-27-15-11-25(12-16-27)20-24-9-13-26(14-10-24)41-34(47)32-38(2,3)21-30-44(32)29(46)8-7-18-51-30/h9-16,23,28,30-33,40H,7-8,17-22H2,1-6H3,(H,41,47)(H,42,48)(H,43,50)/t23-,28-,30-,31?,32+,33+/m0/s1. The zero-order chi connectivity index (χ0) is 37.4. The molecule has 0 saturated carbocycles. The van der Waals surface area contributed by atoms with Gasteiger partial charge in [-0.1, -0.05) is 64.2 Å². The largest absolute Gasteiger partial charge is 0.367 e. The lowest BCUT2D eigenvalue weighted by atomic mass is 9.84. The smallest absolute Gasteiger partial charge is 0.247 e. The van der Waals surface area contributed by atoms with Crippen molar-refractivity contribution in [2.24, 2.45) is 10.8 Å². The zero-order valence-electron chi connectivity index (χ0n) is 31.0. The lowest BCUT2D eigenvalue weighted by molar-refractivity contribution is -0.140. The van der Waals surface area contributed by atoms with Crippen LogP contribution in [-0.4, -0.2) is 91.9 Å². The lowest BCUT2D eigenvalue weighted by Crippen LogP contribution is -2.56. The van der Waals surface area contributed by atoms with E-state index in [9.17, 15) is 19.2 Å². The minimum absolute atomic E-state index is 0.0554. The van der Waals surface area contributed by atoms with Gasteiger partial charge in [-0.3, -0.25) is 19.2 Å². The summed E-state index contributed by atoms with van der Waals surface area (Å²) in [6, 6.07) is 14.0. The Morgan fingerprint density at radius 2 is 1.33 bits per heavy atom. The molecule has 4 aliphatic heterocycles. The molecule has 2 aromatic rings. The number of amides is 4. The second-order valence-electron chi connectivity index (χ2n) is 15.9. The number of rotatable bonds is 9. The third-order valence-electron chi connectivity index (χ3n) is 11.0. The van der Waals surface area contributed by atoms with E-state index in [1.54, 1.807) is 28.4 Å². The number of nitrogens with zero attached hydrogens (tertiary/aromatic N) is 2. The minimum atomic E-state index is -0.612. The van der Waals surface area contributed by atoms with Crippen LogP contribution >= 0.6 is 35.7 Å². The van der Waals surface area contributed by atoms with Crippen molar-refractivity contribution in [1.29, 1.82) is 0 Å². The molecule has 1 unspecified atom stereocenters. The number of nitrogens with one attached hydrogen (secondary N) is 4. The third kappa shape index (κ3) is 8.17. The fourth-order valence-electron chi connectivity index (χ4n) is 8.05. The first-order chi connectivity index (χ1) is 24.7. The molecular weight excluding hydrogens is 713 g/mol. The summed E-state index contributed by atoms with van der Waals surface area (Å²) < 4.78 is 0. The number of hydrogen-bond donors (Lipinski definition) is 4. The van der Waals surface area contributed by atoms with E-state index in [0.29, 0.717) is 35.6 Å². The van der Waals surface area contributed by atoms with Crippen molar-refractivity contribution in [1.82, 2.24) is 20.4 Å². The van der Waals surface area contributed by atoms with Crippen molar-refractivity contribution in [2.45, 2.75) is 108 Å². The van der Waals surface area contributed by atoms with Gasteiger partial charge in [0.25, 0.3) is 0 Å². The number of benzene rings is 2. The molecule has 4 aliphatic rings. The van der Waals surface area contributed by atoms with E-state index in [1.165, 1.54) is 0 Å². The Kier molecular flexibility index (Phi) is 11.6. The molecule has 52 heavy (non-hydrogen) atoms. The van der Waals surface area contributed by atoms with Crippen LogP contribution in [0.15, 0.2) is 48.5 Å². The molecule has 10 nitrogen and oxygen atoms in total. The molecule has 4 fully saturated rings. The van der Waals surface area contributed by atoms with Crippen molar-refractivity contribution in [3.8, 4) is 0 Å². The fraction of sp³-hybridized carbons (Fsp3) is 0.564. The van der Waals surface area contributed by atoms with Crippen LogP contribution in [0, 0.1) is 10.8 Å². The van der Waals surface area contributed by atoms with Crippen LogP contribution in [0.4, 0.5) is 11.4 Å². The molecular formula is C39H52N6O4S3. The number of thiocarbonyl (C=S) groups is 1. The van der Waals surface area contributed by atoms with Crippen LogP contribution in [0.3, 0.4) is 0 Å². The first-order valence-electron chi connectivity index (χ1n) is 18.3. The fourth-order valence-corrected chi connectivity index (χ4v) is 11.4. The van der Waals surface area contributed by atoms with Gasteiger partial charge in [-0.25, -0.2) is 0 Å². The molecule has 0 bridgehead atoms. The Hall–Kier alpha value is -3.13. The van der Waals surface area contributed by atoms with Crippen LogP contribution in [0.1, 0.15) is 77.8 Å². The van der Waals surface area contributed by atoms with Crippen molar-refractivity contribution < 1.29 is 19.2 Å². The Bertz CT molecular complexity index is 1680. The average molecular weight is 765 g/mol. The third-order valence-corrected chi connectivity index (χ3v) is 14.0. The van der Waals surface area contributed by atoms with Gasteiger partial charge in [0.1, 0.15) is 18.1 Å². The van der Waals surface area contributed by atoms with E-state index in [2.05, 4.69) is 49.0 Å². The Balaban J connectivity index is 1.07. The van der Waals surface area contributed by atoms with Gasteiger partial charge in [-0.05, 0) is 104 Å². The number of hydrogen-bond acceptors (Lipinski definition) is 8. The van der Waals surface area contributed by atoms with E-state index >= 15 is 0 Å². The highest BCUT2D eigenvalue weighted by atomic mass is 32.2. The minimum Gasteiger partial charge on any atom is -0.367 e. The first-order valence-corrected chi connectivity index (χ1v) is 20.8. The molecule has 4 saturated heterocycles. The van der Waals surface area contributed by atoms with Gasteiger partial charge in [-0.2, -0.15) is 0 Å². The van der Waals surface area contributed by atoms with Crippen LogP contribution in [0.2, 0.25) is 0 Å². The summed E-state index contributed by atoms with van der Waals surface area (Å²) in [4.78, 5) is 58.6. The molecule has 280 valence electrons. The highest BCUT2D eigenvalue weighted by Crippen LogP contribution is 2.48. The van der Waals surface area contributed by atoms with Gasteiger partial charge >= 0.3 is 0 Å². The Labute approximate surface area is 321 Å². The number of carbonyl (C=O) groups is 4. The molecule has 2 aromatic carbocycles. The summed E-state index contributed by atoms with van der Waals surface area (Å²) in [5, 5.41) is 12.6. The van der Waals surface area contributed by atoms with Crippen molar-refractivity contribution >= 4 is 75.7 Å². The van der Waals surface area contributed by atoms with E-state index in [-0.39, 0.29) is 45.8 Å². The van der Waals surface area contributed by atoms with E-state index in [1.807, 2.05) is 67.4 Å². The number of thioether (sulfide) groups is 2. The zero-order valence-corrected chi connectivity index (χ0v) is 33.4. The summed E-state index contributed by atoms with van der Waals surface area (Å²) in [5.41, 5.74) is 2.83. The van der Waals surface area contributed by atoms with Crippen molar-refractivity contribution in [3.63, 3.8) is 0 Å². The molecule has 0 radical (unpaired) electrons. The second-order valence-corrected chi connectivity index (χ2v) is 18.9. The maximum absolute atomic E-state index is 13.9. The molecule has 4 amide bonds. The molecule has 0 aromatic heterocycles. The molecule has 4 N–H and O–H groups in total. The molecule has 4 heterocycles. The van der Waals surface area contributed by atoms with Crippen LogP contribution in [-0.2, 0) is 25.6 Å².